The van der Waals surface area contributed by atoms with Crippen LogP contribution in [0, 0.1) is 0 Å². The van der Waals surface area contributed by atoms with Crippen LogP contribution < -0.4 is 0 Å². The first kappa shape index (κ1) is 16.4. The summed E-state index contributed by atoms with van der Waals surface area (Å²) < 4.78 is 10.8. The standard InChI is InChI=1S/C14H28O3/c1-6-14(4,5)17-13(15)10-8-7-9-11-16-12(2)3/h12H,6-11H2,1-5H3. The molecule has 0 aromatic heterocycles. The first-order valence-corrected chi connectivity index (χ1v) is 6.71. The third kappa shape index (κ3) is 10.3. The minimum Gasteiger partial charge on any atom is -0.460 e. The van der Waals surface area contributed by atoms with E-state index in [1.807, 2.05) is 34.6 Å². The van der Waals surface area contributed by atoms with Crippen LogP contribution in [0.25, 0.3) is 0 Å². The van der Waals surface area contributed by atoms with Crippen molar-refractivity contribution < 1.29 is 14.3 Å². The van der Waals surface area contributed by atoms with E-state index in [1.165, 1.54) is 0 Å². The lowest BCUT2D eigenvalue weighted by Gasteiger charge is -2.23. The quantitative estimate of drug-likeness (QED) is 0.458. The molecule has 0 fully saturated rings. The Balaban J connectivity index is 3.46. The number of ether oxygens (including phenoxy) is 2. The third-order valence-electron chi connectivity index (χ3n) is 2.72. The zero-order chi connectivity index (χ0) is 13.3. The molecular formula is C14H28O3. The van der Waals surface area contributed by atoms with Crippen molar-refractivity contribution in [2.75, 3.05) is 6.61 Å². The summed E-state index contributed by atoms with van der Waals surface area (Å²) in [4.78, 5) is 11.5. The molecule has 3 nitrogen and oxygen atoms in total. The summed E-state index contributed by atoms with van der Waals surface area (Å²) in [5.74, 6) is -0.0818. The van der Waals surface area contributed by atoms with Crippen molar-refractivity contribution in [3.63, 3.8) is 0 Å². The largest absolute Gasteiger partial charge is 0.460 e. The fourth-order valence-electron chi connectivity index (χ4n) is 1.30. The van der Waals surface area contributed by atoms with Gasteiger partial charge in [0.2, 0.25) is 0 Å². The van der Waals surface area contributed by atoms with Gasteiger partial charge in [0.15, 0.2) is 0 Å². The van der Waals surface area contributed by atoms with E-state index >= 15 is 0 Å². The van der Waals surface area contributed by atoms with Gasteiger partial charge in [-0.1, -0.05) is 13.3 Å². The van der Waals surface area contributed by atoms with Gasteiger partial charge in [-0.3, -0.25) is 4.79 Å². The molecule has 0 aromatic carbocycles. The fourth-order valence-corrected chi connectivity index (χ4v) is 1.30. The SMILES string of the molecule is CCC(C)(C)OC(=O)CCCCCOC(C)C. The Hall–Kier alpha value is -0.570. The molecule has 0 atom stereocenters. The molecule has 0 saturated carbocycles. The first-order chi connectivity index (χ1) is 7.87. The Labute approximate surface area is 106 Å². The molecule has 17 heavy (non-hydrogen) atoms. The smallest absolute Gasteiger partial charge is 0.306 e. The van der Waals surface area contributed by atoms with E-state index in [0.29, 0.717) is 12.5 Å². The summed E-state index contributed by atoms with van der Waals surface area (Å²) >= 11 is 0. The van der Waals surface area contributed by atoms with E-state index in [1.54, 1.807) is 0 Å². The van der Waals surface area contributed by atoms with Crippen LogP contribution in [0.1, 0.15) is 66.7 Å². The van der Waals surface area contributed by atoms with Crippen LogP contribution >= 0.6 is 0 Å². The number of unbranched alkanes of at least 4 members (excludes halogenated alkanes) is 2. The van der Waals surface area contributed by atoms with Crippen molar-refractivity contribution in [3.05, 3.63) is 0 Å². The van der Waals surface area contributed by atoms with E-state index in [2.05, 4.69) is 0 Å². The summed E-state index contributed by atoms with van der Waals surface area (Å²) in [5.41, 5.74) is -0.322. The van der Waals surface area contributed by atoms with Gasteiger partial charge in [-0.2, -0.15) is 0 Å². The highest BCUT2D eigenvalue weighted by molar-refractivity contribution is 5.69. The van der Waals surface area contributed by atoms with Gasteiger partial charge in [0.1, 0.15) is 5.60 Å². The molecular weight excluding hydrogens is 216 g/mol. The average molecular weight is 244 g/mol. The van der Waals surface area contributed by atoms with Gasteiger partial charge in [-0.05, 0) is 47.0 Å². The highest BCUT2D eigenvalue weighted by Crippen LogP contribution is 2.15. The zero-order valence-corrected chi connectivity index (χ0v) is 12.0. The number of esters is 1. The topological polar surface area (TPSA) is 35.5 Å². The molecule has 0 aliphatic heterocycles. The molecule has 0 bridgehead atoms. The van der Waals surface area contributed by atoms with E-state index in [4.69, 9.17) is 9.47 Å². The maximum atomic E-state index is 11.5. The minimum absolute atomic E-state index is 0.0818. The molecule has 0 rings (SSSR count). The number of carbonyl (C=O) groups excluding carboxylic acids is 1. The van der Waals surface area contributed by atoms with Crippen molar-refractivity contribution in [1.29, 1.82) is 0 Å². The molecule has 0 spiro atoms. The molecule has 0 aliphatic carbocycles. The number of hydrogen-bond acceptors (Lipinski definition) is 3. The Morgan fingerprint density at radius 2 is 1.82 bits per heavy atom. The van der Waals surface area contributed by atoms with Crippen molar-refractivity contribution in [3.8, 4) is 0 Å². The Bertz CT molecular complexity index is 210. The second kappa shape index (κ2) is 8.51. The average Bonchev–Trinajstić information content (AvgIpc) is 2.22. The molecule has 0 amide bonds. The van der Waals surface area contributed by atoms with Crippen LogP contribution in [-0.2, 0) is 14.3 Å². The Morgan fingerprint density at radius 3 is 2.35 bits per heavy atom. The monoisotopic (exact) mass is 244 g/mol. The first-order valence-electron chi connectivity index (χ1n) is 6.71. The second-order valence-corrected chi connectivity index (χ2v) is 5.32. The van der Waals surface area contributed by atoms with Crippen molar-refractivity contribution in [2.45, 2.75) is 78.4 Å². The third-order valence-corrected chi connectivity index (χ3v) is 2.72. The van der Waals surface area contributed by atoms with Gasteiger partial charge in [0.05, 0.1) is 6.10 Å². The van der Waals surface area contributed by atoms with E-state index in [0.717, 1.165) is 32.3 Å². The summed E-state index contributed by atoms with van der Waals surface area (Å²) in [7, 11) is 0. The number of rotatable bonds is 9. The lowest BCUT2D eigenvalue weighted by molar-refractivity contribution is -0.156. The predicted molar refractivity (Wildman–Crippen MR) is 70.0 cm³/mol. The summed E-state index contributed by atoms with van der Waals surface area (Å²) in [5, 5.41) is 0. The highest BCUT2D eigenvalue weighted by atomic mass is 16.6. The maximum absolute atomic E-state index is 11.5. The van der Waals surface area contributed by atoms with Crippen molar-refractivity contribution in [2.24, 2.45) is 0 Å². The van der Waals surface area contributed by atoms with Crippen molar-refractivity contribution >= 4 is 5.97 Å². The summed E-state index contributed by atoms with van der Waals surface area (Å²) in [6, 6.07) is 0. The zero-order valence-electron chi connectivity index (χ0n) is 12.0. The predicted octanol–water partition coefficient (Wildman–Crippen LogP) is 3.70. The summed E-state index contributed by atoms with van der Waals surface area (Å²) in [6.07, 6.45) is 4.59. The maximum Gasteiger partial charge on any atom is 0.306 e. The van der Waals surface area contributed by atoms with Crippen LogP contribution in [0.5, 0.6) is 0 Å². The molecule has 102 valence electrons. The van der Waals surface area contributed by atoms with Gasteiger partial charge in [-0.15, -0.1) is 0 Å². The fraction of sp³-hybridized carbons (Fsp3) is 0.929. The van der Waals surface area contributed by atoms with Crippen molar-refractivity contribution in [1.82, 2.24) is 0 Å². The van der Waals surface area contributed by atoms with Gasteiger partial charge in [-0.25, -0.2) is 0 Å². The van der Waals surface area contributed by atoms with Crippen LogP contribution in [-0.4, -0.2) is 24.3 Å². The molecule has 0 aliphatic rings. The van der Waals surface area contributed by atoms with Gasteiger partial charge >= 0.3 is 5.97 Å². The van der Waals surface area contributed by atoms with Gasteiger partial charge < -0.3 is 9.47 Å². The van der Waals surface area contributed by atoms with E-state index in [-0.39, 0.29) is 11.6 Å². The lowest BCUT2D eigenvalue weighted by atomic mass is 10.1. The Kier molecular flexibility index (Phi) is 8.23. The van der Waals surface area contributed by atoms with E-state index < -0.39 is 0 Å². The molecule has 0 heterocycles. The van der Waals surface area contributed by atoms with Gasteiger partial charge in [0, 0.05) is 13.0 Å². The molecule has 0 saturated heterocycles. The summed E-state index contributed by atoms with van der Waals surface area (Å²) in [6.45, 7) is 10.8. The van der Waals surface area contributed by atoms with Gasteiger partial charge in [0.25, 0.3) is 0 Å². The second-order valence-electron chi connectivity index (χ2n) is 5.32. The van der Waals surface area contributed by atoms with Crippen LogP contribution in [0.2, 0.25) is 0 Å². The molecule has 0 radical (unpaired) electrons. The molecule has 0 N–H and O–H groups in total. The number of carbonyl (C=O) groups is 1. The number of hydrogen-bond donors (Lipinski definition) is 0. The van der Waals surface area contributed by atoms with E-state index in [9.17, 15) is 4.79 Å². The molecule has 0 unspecified atom stereocenters. The molecule has 3 heteroatoms. The Morgan fingerprint density at radius 1 is 1.18 bits per heavy atom. The lowest BCUT2D eigenvalue weighted by Crippen LogP contribution is -2.26. The van der Waals surface area contributed by atoms with Crippen LogP contribution in [0.15, 0.2) is 0 Å². The normalized spacial score (nSPS) is 11.9. The molecule has 0 aromatic rings. The highest BCUT2D eigenvalue weighted by Gasteiger charge is 2.19. The van der Waals surface area contributed by atoms with Crippen LogP contribution in [0.3, 0.4) is 0 Å². The minimum atomic E-state index is -0.322. The van der Waals surface area contributed by atoms with Crippen LogP contribution in [0.4, 0.5) is 0 Å².